The van der Waals surface area contributed by atoms with E-state index in [-0.39, 0.29) is 18.0 Å². The Bertz CT molecular complexity index is 703. The van der Waals surface area contributed by atoms with Gasteiger partial charge >= 0.3 is 5.69 Å². The Hall–Kier alpha value is -2.64. The van der Waals surface area contributed by atoms with Crippen LogP contribution in [0.4, 0.5) is 5.69 Å². The van der Waals surface area contributed by atoms with Crippen LogP contribution in [0.1, 0.15) is 11.1 Å². The second kappa shape index (κ2) is 9.00. The van der Waals surface area contributed by atoms with Crippen LogP contribution in [0.15, 0.2) is 42.5 Å². The predicted octanol–water partition coefficient (Wildman–Crippen LogP) is 2.44. The van der Waals surface area contributed by atoms with Gasteiger partial charge in [0.25, 0.3) is 0 Å². The van der Waals surface area contributed by atoms with Crippen LogP contribution in [-0.4, -0.2) is 36.4 Å². The van der Waals surface area contributed by atoms with Crippen molar-refractivity contribution in [3.63, 3.8) is 0 Å². The fourth-order valence-corrected chi connectivity index (χ4v) is 2.26. The van der Waals surface area contributed by atoms with Gasteiger partial charge in [-0.25, -0.2) is 0 Å². The third-order valence-electron chi connectivity index (χ3n) is 3.61. The molecule has 2 aromatic carbocycles. The maximum Gasteiger partial charge on any atom is 0.311 e. The highest BCUT2D eigenvalue weighted by Crippen LogP contribution is 2.27. The summed E-state index contributed by atoms with van der Waals surface area (Å²) in [5.41, 5.74) is 1.74. The predicted molar refractivity (Wildman–Crippen MR) is 94.0 cm³/mol. The summed E-state index contributed by atoms with van der Waals surface area (Å²) in [6, 6.07) is 12.3. The first-order valence-corrected chi connectivity index (χ1v) is 7.89. The summed E-state index contributed by atoms with van der Waals surface area (Å²) in [5, 5.41) is 24.1. The maximum absolute atomic E-state index is 11.0. The minimum absolute atomic E-state index is 0.0283. The third-order valence-corrected chi connectivity index (χ3v) is 3.61. The lowest BCUT2D eigenvalue weighted by atomic mass is 10.2. The van der Waals surface area contributed by atoms with Gasteiger partial charge in [0.2, 0.25) is 0 Å². The summed E-state index contributed by atoms with van der Waals surface area (Å²) >= 11 is 0. The van der Waals surface area contributed by atoms with Crippen LogP contribution >= 0.6 is 0 Å². The number of nitro benzene ring substituents is 1. The molecule has 0 amide bonds. The van der Waals surface area contributed by atoms with E-state index in [2.05, 4.69) is 5.32 Å². The standard InChI is InChI=1S/C18H22N2O5/c1-13-3-8-18(17(9-13)20(22)23)25-12-15(21)11-19-10-14-4-6-16(24-2)7-5-14/h3-9,15,19,21H,10-12H2,1-2H3/t15-/m0/s1. The van der Waals surface area contributed by atoms with Crippen molar-refractivity contribution in [2.24, 2.45) is 0 Å². The summed E-state index contributed by atoms with van der Waals surface area (Å²) < 4.78 is 10.5. The molecule has 0 heterocycles. The second-order valence-corrected chi connectivity index (χ2v) is 5.67. The second-order valence-electron chi connectivity index (χ2n) is 5.67. The van der Waals surface area contributed by atoms with Gasteiger partial charge in [-0.1, -0.05) is 18.2 Å². The van der Waals surface area contributed by atoms with Crippen LogP contribution in [-0.2, 0) is 6.54 Å². The molecule has 7 heteroatoms. The van der Waals surface area contributed by atoms with Gasteiger partial charge in [0, 0.05) is 19.2 Å². The van der Waals surface area contributed by atoms with Gasteiger partial charge in [0.1, 0.15) is 18.5 Å². The maximum atomic E-state index is 11.0. The van der Waals surface area contributed by atoms with E-state index in [1.54, 1.807) is 26.2 Å². The summed E-state index contributed by atoms with van der Waals surface area (Å²) in [6.07, 6.45) is -0.779. The summed E-state index contributed by atoms with van der Waals surface area (Å²) in [6.45, 7) is 2.64. The lowest BCUT2D eigenvalue weighted by molar-refractivity contribution is -0.386. The van der Waals surface area contributed by atoms with Gasteiger partial charge in [-0.05, 0) is 36.2 Å². The number of hydrogen-bond acceptors (Lipinski definition) is 6. The highest BCUT2D eigenvalue weighted by molar-refractivity contribution is 5.48. The molecule has 0 aliphatic rings. The Kier molecular flexibility index (Phi) is 6.73. The minimum Gasteiger partial charge on any atom is -0.497 e. The molecule has 0 aliphatic carbocycles. The number of benzene rings is 2. The quantitative estimate of drug-likeness (QED) is 0.535. The Morgan fingerprint density at radius 3 is 2.60 bits per heavy atom. The molecule has 0 saturated carbocycles. The van der Waals surface area contributed by atoms with Crippen molar-refractivity contribution in [3.8, 4) is 11.5 Å². The third kappa shape index (κ3) is 5.74. The average molecular weight is 346 g/mol. The van der Waals surface area contributed by atoms with E-state index in [0.29, 0.717) is 13.1 Å². The first-order chi connectivity index (χ1) is 12.0. The van der Waals surface area contributed by atoms with Gasteiger partial charge in [-0.2, -0.15) is 0 Å². The number of nitrogens with zero attached hydrogens (tertiary/aromatic N) is 1. The molecule has 1 atom stereocenters. The first kappa shape index (κ1) is 18.7. The molecule has 2 aromatic rings. The molecule has 0 bridgehead atoms. The lowest BCUT2D eigenvalue weighted by Gasteiger charge is -2.13. The Labute approximate surface area is 146 Å². The molecule has 0 aliphatic heterocycles. The fourth-order valence-electron chi connectivity index (χ4n) is 2.26. The van der Waals surface area contributed by atoms with Gasteiger partial charge in [-0.3, -0.25) is 10.1 Å². The number of hydrogen-bond donors (Lipinski definition) is 2. The van der Waals surface area contributed by atoms with E-state index in [1.165, 1.54) is 6.07 Å². The van der Waals surface area contributed by atoms with Gasteiger partial charge in [0.05, 0.1) is 12.0 Å². The number of aryl methyl sites for hydroxylation is 1. The summed E-state index contributed by atoms with van der Waals surface area (Å²) in [4.78, 5) is 10.5. The van der Waals surface area contributed by atoms with Gasteiger partial charge in [-0.15, -0.1) is 0 Å². The normalized spacial score (nSPS) is 11.8. The molecule has 0 radical (unpaired) electrons. The number of ether oxygens (including phenoxy) is 2. The monoisotopic (exact) mass is 346 g/mol. The SMILES string of the molecule is COc1ccc(CNC[C@H](O)COc2ccc(C)cc2[N+](=O)[O-])cc1. The van der Waals surface area contributed by atoms with Crippen LogP contribution in [0.3, 0.4) is 0 Å². The Morgan fingerprint density at radius 1 is 1.24 bits per heavy atom. The Balaban J connectivity index is 1.79. The van der Waals surface area contributed by atoms with Crippen molar-refractivity contribution in [2.45, 2.75) is 19.6 Å². The zero-order chi connectivity index (χ0) is 18.2. The van der Waals surface area contributed by atoms with Crippen LogP contribution in [0.2, 0.25) is 0 Å². The van der Waals surface area contributed by atoms with Crippen molar-refractivity contribution >= 4 is 5.69 Å². The van der Waals surface area contributed by atoms with Gasteiger partial charge in [0.15, 0.2) is 5.75 Å². The molecule has 2 N–H and O–H groups in total. The lowest BCUT2D eigenvalue weighted by Crippen LogP contribution is -2.31. The van der Waals surface area contributed by atoms with Crippen molar-refractivity contribution in [1.29, 1.82) is 0 Å². The molecule has 25 heavy (non-hydrogen) atoms. The minimum atomic E-state index is -0.779. The topological polar surface area (TPSA) is 93.9 Å². The fraction of sp³-hybridized carbons (Fsp3) is 0.333. The Morgan fingerprint density at radius 2 is 1.96 bits per heavy atom. The van der Waals surface area contributed by atoms with E-state index in [4.69, 9.17) is 9.47 Å². The zero-order valence-electron chi connectivity index (χ0n) is 14.3. The molecule has 2 rings (SSSR count). The van der Waals surface area contributed by atoms with Crippen molar-refractivity contribution in [2.75, 3.05) is 20.3 Å². The molecule has 7 nitrogen and oxygen atoms in total. The molecule has 0 fully saturated rings. The van der Waals surface area contributed by atoms with E-state index in [1.807, 2.05) is 24.3 Å². The number of nitro groups is 1. The number of rotatable bonds is 9. The highest BCUT2D eigenvalue weighted by atomic mass is 16.6. The van der Waals surface area contributed by atoms with E-state index < -0.39 is 11.0 Å². The summed E-state index contributed by atoms with van der Waals surface area (Å²) in [7, 11) is 1.61. The van der Waals surface area contributed by atoms with E-state index in [9.17, 15) is 15.2 Å². The van der Waals surface area contributed by atoms with Crippen LogP contribution in [0.25, 0.3) is 0 Å². The average Bonchev–Trinajstić information content (AvgIpc) is 2.61. The highest BCUT2D eigenvalue weighted by Gasteiger charge is 2.16. The van der Waals surface area contributed by atoms with Crippen LogP contribution in [0.5, 0.6) is 11.5 Å². The number of nitrogens with one attached hydrogen (secondary N) is 1. The molecule has 134 valence electrons. The van der Waals surface area contributed by atoms with Gasteiger partial charge < -0.3 is 19.9 Å². The molecule has 0 unspecified atom stereocenters. The van der Waals surface area contributed by atoms with Crippen molar-refractivity contribution < 1.29 is 19.5 Å². The molecular weight excluding hydrogens is 324 g/mol. The van der Waals surface area contributed by atoms with Crippen LogP contribution in [0, 0.1) is 17.0 Å². The molecule has 0 spiro atoms. The first-order valence-electron chi connectivity index (χ1n) is 7.89. The van der Waals surface area contributed by atoms with Crippen LogP contribution < -0.4 is 14.8 Å². The largest absolute Gasteiger partial charge is 0.497 e. The molecular formula is C18H22N2O5. The smallest absolute Gasteiger partial charge is 0.311 e. The number of aliphatic hydroxyl groups excluding tert-OH is 1. The molecule has 0 aromatic heterocycles. The van der Waals surface area contributed by atoms with E-state index >= 15 is 0 Å². The summed E-state index contributed by atoms with van der Waals surface area (Å²) in [5.74, 6) is 0.946. The number of methoxy groups -OCH3 is 1. The zero-order valence-corrected chi connectivity index (χ0v) is 14.3. The van der Waals surface area contributed by atoms with Crippen molar-refractivity contribution in [1.82, 2.24) is 5.32 Å². The number of aliphatic hydroxyl groups is 1. The van der Waals surface area contributed by atoms with Crippen molar-refractivity contribution in [3.05, 3.63) is 63.7 Å². The molecule has 0 saturated heterocycles. The van der Waals surface area contributed by atoms with E-state index in [0.717, 1.165) is 16.9 Å².